The van der Waals surface area contributed by atoms with E-state index in [1.165, 1.54) is 6.07 Å². The Labute approximate surface area is 205 Å². The molecule has 1 aliphatic heterocycles. The molecule has 3 heterocycles. The summed E-state index contributed by atoms with van der Waals surface area (Å²) >= 11 is 0. The van der Waals surface area contributed by atoms with Gasteiger partial charge in [-0.25, -0.2) is 14.4 Å². The molecule has 5 rings (SSSR count). The van der Waals surface area contributed by atoms with Crippen molar-refractivity contribution >= 4 is 27.6 Å². The summed E-state index contributed by atoms with van der Waals surface area (Å²) in [6.45, 7) is 1.20. The predicted octanol–water partition coefficient (Wildman–Crippen LogP) is 4.22. The van der Waals surface area contributed by atoms with Gasteiger partial charge in [0.1, 0.15) is 5.82 Å². The third-order valence-corrected chi connectivity index (χ3v) is 7.31. The second-order valence-electron chi connectivity index (χ2n) is 8.55. The molecule has 2 aromatic carbocycles. The van der Waals surface area contributed by atoms with Gasteiger partial charge in [0.05, 0.1) is 33.9 Å². The van der Waals surface area contributed by atoms with E-state index in [4.69, 9.17) is 4.74 Å². The summed E-state index contributed by atoms with van der Waals surface area (Å²) < 4.78 is 33.7. The number of ether oxygens (including phenoxy) is 1. The number of carbonyl (C=O) groups excluding carboxylic acids is 1. The number of aromatic nitrogens is 3. The van der Waals surface area contributed by atoms with Crippen molar-refractivity contribution in [2.45, 2.75) is 23.8 Å². The van der Waals surface area contributed by atoms with Gasteiger partial charge >= 0.3 is 0 Å². The Balaban J connectivity index is 1.56. The molecule has 1 aliphatic rings. The normalized spacial score (nSPS) is 16.7. The maximum Gasteiger partial charge on any atom is 0.254 e. The molecule has 180 valence electrons. The molecule has 35 heavy (non-hydrogen) atoms. The summed E-state index contributed by atoms with van der Waals surface area (Å²) in [5.41, 5.74) is 2.19. The minimum atomic E-state index is -1.26. The number of benzene rings is 2. The number of halogens is 1. The zero-order chi connectivity index (χ0) is 24.5. The largest absolute Gasteiger partial charge is 0.383 e. The van der Waals surface area contributed by atoms with Crippen LogP contribution in [0.4, 0.5) is 4.39 Å². The molecule has 0 bridgehead atoms. The number of hydrogen-bond donors (Lipinski definition) is 0. The molecule has 1 unspecified atom stereocenters. The van der Waals surface area contributed by atoms with Gasteiger partial charge in [-0.1, -0.05) is 24.3 Å². The van der Waals surface area contributed by atoms with Crippen LogP contribution in [-0.2, 0) is 15.5 Å². The highest BCUT2D eigenvalue weighted by Crippen LogP contribution is 2.29. The van der Waals surface area contributed by atoms with E-state index in [1.54, 1.807) is 66.9 Å². The van der Waals surface area contributed by atoms with Gasteiger partial charge in [-0.3, -0.25) is 13.6 Å². The smallest absolute Gasteiger partial charge is 0.254 e. The lowest BCUT2D eigenvalue weighted by molar-refractivity contribution is 0.0631. The lowest BCUT2D eigenvalue weighted by Gasteiger charge is -2.24. The number of hydrogen-bond acceptors (Lipinski definition) is 5. The van der Waals surface area contributed by atoms with E-state index in [9.17, 15) is 13.4 Å². The van der Waals surface area contributed by atoms with Crippen molar-refractivity contribution in [1.82, 2.24) is 19.4 Å². The lowest BCUT2D eigenvalue weighted by Crippen LogP contribution is -2.38. The lowest BCUT2D eigenvalue weighted by atomic mass is 10.1. The van der Waals surface area contributed by atoms with Crippen molar-refractivity contribution in [3.05, 3.63) is 72.4 Å². The molecular weight excluding hydrogens is 467 g/mol. The fourth-order valence-corrected chi connectivity index (χ4v) is 5.37. The standard InChI is InChI=1S/C26H25FN4O3S/c1-34-16-19-6-5-11-30(19)25(32)17-9-10-21-23(12-17)31(15-24(21)35(2)33)26-28-13-18(14-29-26)20-7-3-4-8-22(20)27/h3-4,7-10,12-15,19H,5-6,11,16H2,1-2H3/t19-,35?/m0/s1. The van der Waals surface area contributed by atoms with E-state index in [1.807, 2.05) is 11.0 Å². The second-order valence-corrected chi connectivity index (χ2v) is 9.90. The molecular formula is C26H25FN4O3S. The first-order valence-corrected chi connectivity index (χ1v) is 12.9. The molecule has 0 radical (unpaired) electrons. The summed E-state index contributed by atoms with van der Waals surface area (Å²) in [7, 11) is 0.383. The van der Waals surface area contributed by atoms with Crippen molar-refractivity contribution < 1.29 is 18.1 Å². The van der Waals surface area contributed by atoms with Crippen molar-refractivity contribution in [1.29, 1.82) is 0 Å². The van der Waals surface area contributed by atoms with E-state index in [2.05, 4.69) is 9.97 Å². The van der Waals surface area contributed by atoms with Crippen LogP contribution in [0.3, 0.4) is 0 Å². The zero-order valence-electron chi connectivity index (χ0n) is 19.5. The first kappa shape index (κ1) is 23.3. The quantitative estimate of drug-likeness (QED) is 0.403. The van der Waals surface area contributed by atoms with Crippen molar-refractivity contribution in [2.24, 2.45) is 0 Å². The number of amides is 1. The third-order valence-electron chi connectivity index (χ3n) is 6.36. The van der Waals surface area contributed by atoms with Crippen LogP contribution in [0.25, 0.3) is 28.0 Å². The monoisotopic (exact) mass is 492 g/mol. The molecule has 2 aromatic heterocycles. The van der Waals surface area contributed by atoms with Gasteiger partial charge in [0.15, 0.2) is 0 Å². The number of carbonyl (C=O) groups is 1. The molecule has 1 fully saturated rings. The van der Waals surface area contributed by atoms with E-state index in [-0.39, 0.29) is 17.8 Å². The Morgan fingerprint density at radius 1 is 1.20 bits per heavy atom. The van der Waals surface area contributed by atoms with Crippen LogP contribution in [0.1, 0.15) is 23.2 Å². The first-order chi connectivity index (χ1) is 17.0. The van der Waals surface area contributed by atoms with E-state index in [0.29, 0.717) is 46.2 Å². The van der Waals surface area contributed by atoms with Gasteiger partial charge < -0.3 is 9.64 Å². The Hall–Kier alpha value is -3.43. The topological polar surface area (TPSA) is 77.3 Å². The number of methoxy groups -OCH3 is 1. The highest BCUT2D eigenvalue weighted by molar-refractivity contribution is 7.84. The Morgan fingerprint density at radius 2 is 1.97 bits per heavy atom. The molecule has 0 N–H and O–H groups in total. The molecule has 2 atom stereocenters. The van der Waals surface area contributed by atoms with Crippen molar-refractivity contribution in [3.63, 3.8) is 0 Å². The van der Waals surface area contributed by atoms with Gasteiger partial charge in [-0.15, -0.1) is 0 Å². The molecule has 1 amide bonds. The summed E-state index contributed by atoms with van der Waals surface area (Å²) in [4.78, 5) is 24.7. The van der Waals surface area contributed by atoms with Gasteiger partial charge in [0, 0.05) is 60.6 Å². The number of rotatable bonds is 6. The second kappa shape index (κ2) is 9.67. The average Bonchev–Trinajstić information content (AvgIpc) is 3.49. The van der Waals surface area contributed by atoms with Crippen LogP contribution in [0.15, 0.2) is 66.0 Å². The van der Waals surface area contributed by atoms with Crippen LogP contribution in [0, 0.1) is 5.82 Å². The number of likely N-dealkylation sites (tertiary alicyclic amines) is 1. The highest BCUT2D eigenvalue weighted by Gasteiger charge is 2.29. The minimum absolute atomic E-state index is 0.0583. The highest BCUT2D eigenvalue weighted by atomic mass is 32.2. The molecule has 7 nitrogen and oxygen atoms in total. The number of fused-ring (bicyclic) bond motifs is 1. The molecule has 0 aliphatic carbocycles. The Morgan fingerprint density at radius 3 is 2.69 bits per heavy atom. The third kappa shape index (κ3) is 4.37. The maximum absolute atomic E-state index is 14.2. The Bertz CT molecular complexity index is 1420. The maximum atomic E-state index is 14.2. The molecule has 9 heteroatoms. The molecule has 1 saturated heterocycles. The van der Waals surface area contributed by atoms with Gasteiger partial charge in [0.25, 0.3) is 5.91 Å². The SMILES string of the molecule is COC[C@@H]1CCCN1C(=O)c1ccc2c(S(C)=O)cn(-c3ncc(-c4ccccc4F)cn3)c2c1. The predicted molar refractivity (Wildman–Crippen MR) is 133 cm³/mol. The van der Waals surface area contributed by atoms with Crippen LogP contribution in [0.5, 0.6) is 0 Å². The number of nitrogens with zero attached hydrogens (tertiary/aromatic N) is 4. The van der Waals surface area contributed by atoms with Crippen LogP contribution in [0.2, 0.25) is 0 Å². The van der Waals surface area contributed by atoms with Crippen LogP contribution < -0.4 is 0 Å². The van der Waals surface area contributed by atoms with Crippen molar-refractivity contribution in [3.8, 4) is 17.1 Å². The fraction of sp³-hybridized carbons (Fsp3) is 0.269. The van der Waals surface area contributed by atoms with Gasteiger partial charge in [-0.2, -0.15) is 0 Å². The first-order valence-electron chi connectivity index (χ1n) is 11.3. The van der Waals surface area contributed by atoms with Gasteiger partial charge in [-0.05, 0) is 31.0 Å². The summed E-state index contributed by atoms with van der Waals surface area (Å²) in [5, 5.41) is 0.763. The van der Waals surface area contributed by atoms with E-state index < -0.39 is 10.8 Å². The molecule has 4 aromatic rings. The average molecular weight is 493 g/mol. The zero-order valence-corrected chi connectivity index (χ0v) is 20.3. The van der Waals surface area contributed by atoms with Gasteiger partial charge in [0.2, 0.25) is 5.95 Å². The Kier molecular flexibility index (Phi) is 6.44. The van der Waals surface area contributed by atoms with E-state index in [0.717, 1.165) is 18.2 Å². The van der Waals surface area contributed by atoms with Crippen LogP contribution in [-0.4, -0.2) is 62.1 Å². The summed E-state index contributed by atoms with van der Waals surface area (Å²) in [6, 6.07) is 11.9. The molecule has 0 saturated carbocycles. The minimum Gasteiger partial charge on any atom is -0.383 e. The fourth-order valence-electron chi connectivity index (χ4n) is 4.64. The summed E-state index contributed by atoms with van der Waals surface area (Å²) in [6.07, 6.45) is 8.32. The molecule has 0 spiro atoms. The summed E-state index contributed by atoms with van der Waals surface area (Å²) in [5.74, 6) is -0.0696. The van der Waals surface area contributed by atoms with Crippen molar-refractivity contribution in [2.75, 3.05) is 26.5 Å². The van der Waals surface area contributed by atoms with Crippen LogP contribution >= 0.6 is 0 Å². The van der Waals surface area contributed by atoms with E-state index >= 15 is 0 Å².